The fourth-order valence-electron chi connectivity index (χ4n) is 4.12. The number of carbonyl (C=O) groups excluding carboxylic acids is 2. The molecule has 3 rings (SSSR count). The quantitative estimate of drug-likeness (QED) is 0.766. The maximum Gasteiger partial charge on any atom is 0.251 e. The molecule has 0 radical (unpaired) electrons. The van der Waals surface area contributed by atoms with Crippen LogP contribution in [0.5, 0.6) is 5.75 Å². The van der Waals surface area contributed by atoms with Gasteiger partial charge in [0.1, 0.15) is 18.4 Å². The number of nitrogens with one attached hydrogen (secondary N) is 2. The Kier molecular flexibility index (Phi) is 6.75. The van der Waals surface area contributed by atoms with Crippen LogP contribution in [-0.2, 0) is 4.79 Å². The molecule has 0 spiro atoms. The number of hydrogen-bond donors (Lipinski definition) is 2. The molecule has 0 aliphatic carbocycles. The van der Waals surface area contributed by atoms with Gasteiger partial charge in [-0.2, -0.15) is 5.26 Å². The first-order valence-electron chi connectivity index (χ1n) is 10.4. The van der Waals surface area contributed by atoms with Gasteiger partial charge < -0.3 is 15.0 Å². The van der Waals surface area contributed by atoms with E-state index in [0.29, 0.717) is 24.5 Å². The lowest BCUT2D eigenvalue weighted by Gasteiger charge is -2.24. The van der Waals surface area contributed by atoms with Crippen LogP contribution in [0.25, 0.3) is 0 Å². The largest absolute Gasteiger partial charge is 0.492 e. The molecule has 0 aromatic heterocycles. The molecule has 0 saturated carbocycles. The Bertz CT molecular complexity index is 802. The Balaban J connectivity index is 1.61. The van der Waals surface area contributed by atoms with Gasteiger partial charge in [-0.1, -0.05) is 19.9 Å². The van der Waals surface area contributed by atoms with Crippen LogP contribution in [0.15, 0.2) is 18.2 Å². The van der Waals surface area contributed by atoms with Crippen molar-refractivity contribution >= 4 is 11.8 Å². The molecule has 2 N–H and O–H groups in total. The van der Waals surface area contributed by atoms with Crippen molar-refractivity contribution in [2.75, 3.05) is 20.2 Å². The van der Waals surface area contributed by atoms with E-state index < -0.39 is 0 Å². The first kappa shape index (κ1) is 21.1. The summed E-state index contributed by atoms with van der Waals surface area (Å²) in [5, 5.41) is 15.2. The second kappa shape index (κ2) is 9.27. The van der Waals surface area contributed by atoms with Gasteiger partial charge in [-0.15, -0.1) is 0 Å². The molecule has 0 unspecified atom stereocenters. The molecule has 156 valence electrons. The number of carbonyl (C=O) groups is 2. The van der Waals surface area contributed by atoms with E-state index in [1.165, 1.54) is 0 Å². The van der Waals surface area contributed by atoms with Crippen molar-refractivity contribution in [2.45, 2.75) is 63.6 Å². The molecule has 2 aliphatic rings. The molecular weight excluding hydrogens is 368 g/mol. The smallest absolute Gasteiger partial charge is 0.251 e. The highest BCUT2D eigenvalue weighted by Gasteiger charge is 2.37. The summed E-state index contributed by atoms with van der Waals surface area (Å²) in [6, 6.07) is 7.29. The summed E-state index contributed by atoms with van der Waals surface area (Å²) in [5.74, 6) is 0.864. The van der Waals surface area contributed by atoms with E-state index in [4.69, 9.17) is 4.74 Å². The lowest BCUT2D eigenvalue weighted by molar-refractivity contribution is -0.133. The molecule has 2 fully saturated rings. The Morgan fingerprint density at radius 1 is 1.34 bits per heavy atom. The van der Waals surface area contributed by atoms with Crippen molar-refractivity contribution < 1.29 is 14.3 Å². The fourth-order valence-corrected chi connectivity index (χ4v) is 4.12. The molecule has 0 bridgehead atoms. The summed E-state index contributed by atoms with van der Waals surface area (Å²) in [6.07, 6.45) is 3.24. The number of likely N-dealkylation sites (tertiary alicyclic amines) is 1. The molecule has 3 atom stereocenters. The van der Waals surface area contributed by atoms with Crippen molar-refractivity contribution in [1.82, 2.24) is 15.5 Å². The molecule has 7 heteroatoms. The number of rotatable bonds is 6. The molecule has 7 nitrogen and oxygen atoms in total. The minimum absolute atomic E-state index is 0.0287. The molecular formula is C22H30N4O3. The molecule has 2 amide bonds. The Hall–Kier alpha value is -2.59. The lowest BCUT2D eigenvalue weighted by Crippen LogP contribution is -2.47. The van der Waals surface area contributed by atoms with Crippen LogP contribution < -0.4 is 15.4 Å². The van der Waals surface area contributed by atoms with Gasteiger partial charge in [0.25, 0.3) is 5.91 Å². The number of benzene rings is 1. The average Bonchev–Trinajstić information content (AvgIpc) is 3.40. The van der Waals surface area contributed by atoms with E-state index in [9.17, 15) is 14.9 Å². The zero-order valence-corrected chi connectivity index (χ0v) is 17.4. The van der Waals surface area contributed by atoms with Crippen molar-refractivity contribution in [2.24, 2.45) is 0 Å². The van der Waals surface area contributed by atoms with Gasteiger partial charge >= 0.3 is 0 Å². The maximum atomic E-state index is 12.8. The third-order valence-electron chi connectivity index (χ3n) is 5.79. The Labute approximate surface area is 172 Å². The van der Waals surface area contributed by atoms with Gasteiger partial charge in [0.15, 0.2) is 0 Å². The van der Waals surface area contributed by atoms with E-state index >= 15 is 0 Å². The number of amides is 2. The number of hydrogen-bond acceptors (Lipinski definition) is 5. The first-order chi connectivity index (χ1) is 13.9. The molecule has 2 heterocycles. The SMILES string of the molecule is CNC(=O)c1ccc(C(C)C)c(OC[C@H]2CC[C@@H](C(=O)N3CCC[C@H]3C#N)N2)c1. The molecule has 1 aromatic rings. The van der Waals surface area contributed by atoms with E-state index in [0.717, 1.165) is 31.2 Å². The zero-order valence-electron chi connectivity index (χ0n) is 17.4. The normalized spacial score (nSPS) is 23.8. The average molecular weight is 399 g/mol. The maximum absolute atomic E-state index is 12.8. The Morgan fingerprint density at radius 2 is 2.14 bits per heavy atom. The topological polar surface area (TPSA) is 94.5 Å². The van der Waals surface area contributed by atoms with Gasteiger partial charge in [0.05, 0.1) is 12.1 Å². The van der Waals surface area contributed by atoms with Crippen LogP contribution in [0.3, 0.4) is 0 Å². The van der Waals surface area contributed by atoms with E-state index in [-0.39, 0.29) is 35.9 Å². The van der Waals surface area contributed by atoms with Crippen molar-refractivity contribution in [3.63, 3.8) is 0 Å². The highest BCUT2D eigenvalue weighted by molar-refractivity contribution is 5.94. The Morgan fingerprint density at radius 3 is 2.83 bits per heavy atom. The van der Waals surface area contributed by atoms with Crippen LogP contribution in [0.4, 0.5) is 0 Å². The molecule has 29 heavy (non-hydrogen) atoms. The highest BCUT2D eigenvalue weighted by atomic mass is 16.5. The second-order valence-corrected chi connectivity index (χ2v) is 8.11. The summed E-state index contributed by atoms with van der Waals surface area (Å²) < 4.78 is 6.09. The van der Waals surface area contributed by atoms with E-state index in [1.54, 1.807) is 18.0 Å². The molecule has 1 aromatic carbocycles. The molecule has 2 aliphatic heterocycles. The van der Waals surface area contributed by atoms with E-state index in [1.807, 2.05) is 12.1 Å². The number of nitriles is 1. The third kappa shape index (κ3) is 4.70. The van der Waals surface area contributed by atoms with Crippen molar-refractivity contribution in [1.29, 1.82) is 5.26 Å². The van der Waals surface area contributed by atoms with Gasteiger partial charge in [-0.05, 0) is 49.3 Å². The number of nitrogens with zero attached hydrogens (tertiary/aromatic N) is 2. The molecule has 2 saturated heterocycles. The van der Waals surface area contributed by atoms with Crippen LogP contribution in [0.2, 0.25) is 0 Å². The summed E-state index contributed by atoms with van der Waals surface area (Å²) >= 11 is 0. The predicted octanol–water partition coefficient (Wildman–Crippen LogP) is 2.18. The van der Waals surface area contributed by atoms with E-state index in [2.05, 4.69) is 30.6 Å². The number of ether oxygens (including phenoxy) is 1. The highest BCUT2D eigenvalue weighted by Crippen LogP contribution is 2.29. The summed E-state index contributed by atoms with van der Waals surface area (Å²) in [7, 11) is 1.61. The van der Waals surface area contributed by atoms with Gasteiger partial charge in [0, 0.05) is 25.2 Å². The summed E-state index contributed by atoms with van der Waals surface area (Å²) in [4.78, 5) is 26.4. The van der Waals surface area contributed by atoms with Crippen LogP contribution in [-0.4, -0.2) is 55.0 Å². The zero-order chi connectivity index (χ0) is 21.0. The second-order valence-electron chi connectivity index (χ2n) is 8.11. The summed E-state index contributed by atoms with van der Waals surface area (Å²) in [5.41, 5.74) is 1.62. The minimum Gasteiger partial charge on any atom is -0.492 e. The van der Waals surface area contributed by atoms with Gasteiger partial charge in [0.2, 0.25) is 5.91 Å². The third-order valence-corrected chi connectivity index (χ3v) is 5.79. The monoisotopic (exact) mass is 398 g/mol. The van der Waals surface area contributed by atoms with Gasteiger partial charge in [-0.25, -0.2) is 0 Å². The van der Waals surface area contributed by atoms with Crippen LogP contribution in [0, 0.1) is 11.3 Å². The lowest BCUT2D eigenvalue weighted by atomic mass is 10.00. The first-order valence-corrected chi connectivity index (χ1v) is 10.4. The van der Waals surface area contributed by atoms with Gasteiger partial charge in [-0.3, -0.25) is 14.9 Å². The summed E-state index contributed by atoms with van der Waals surface area (Å²) in [6.45, 7) is 5.28. The van der Waals surface area contributed by atoms with Crippen LogP contribution in [0.1, 0.15) is 61.4 Å². The van der Waals surface area contributed by atoms with Crippen LogP contribution >= 0.6 is 0 Å². The van der Waals surface area contributed by atoms with Crippen molar-refractivity contribution in [3.8, 4) is 11.8 Å². The standard InChI is InChI=1S/C22H30N4O3/c1-14(2)18-8-6-15(21(27)24-3)11-20(18)29-13-16-7-9-19(25-16)22(28)26-10-4-5-17(26)12-23/h6,8,11,14,16-17,19,25H,4-5,7,9-10,13H2,1-3H3,(H,24,27)/t16-,17+,19+/m1/s1. The minimum atomic E-state index is -0.291. The van der Waals surface area contributed by atoms with Crippen molar-refractivity contribution in [3.05, 3.63) is 29.3 Å². The predicted molar refractivity (Wildman–Crippen MR) is 110 cm³/mol. The fraction of sp³-hybridized carbons (Fsp3) is 0.591.